The Labute approximate surface area is 160 Å². The third-order valence-corrected chi connectivity index (χ3v) is 3.82. The zero-order chi connectivity index (χ0) is 20.6. The van der Waals surface area contributed by atoms with Crippen LogP contribution in [0.5, 0.6) is 5.75 Å². The van der Waals surface area contributed by atoms with Gasteiger partial charge < -0.3 is 4.74 Å². The standard InChI is InChI=1S/C22H19F5O/c1-2-3-4-5-20(23)21(24)18-12-8-16(9-13-18)6-7-17-10-14-19(15-11-17)28-22(25,26)27/h8-15H,2-5H2,1H3. The topological polar surface area (TPSA) is 9.23 Å². The highest BCUT2D eigenvalue weighted by atomic mass is 19.4. The van der Waals surface area contributed by atoms with Gasteiger partial charge >= 0.3 is 6.36 Å². The van der Waals surface area contributed by atoms with E-state index in [4.69, 9.17) is 0 Å². The van der Waals surface area contributed by atoms with Crippen molar-refractivity contribution in [1.82, 2.24) is 0 Å². The molecule has 0 aromatic heterocycles. The SMILES string of the molecule is CCCCCC(F)=C(F)c1ccc(C#Cc2ccc(OC(F)(F)F)cc2)cc1. The van der Waals surface area contributed by atoms with E-state index in [0.29, 0.717) is 17.5 Å². The van der Waals surface area contributed by atoms with E-state index >= 15 is 0 Å². The van der Waals surface area contributed by atoms with Crippen molar-refractivity contribution in [3.05, 3.63) is 71.0 Å². The Hall–Kier alpha value is -2.81. The Bertz CT molecular complexity index is 853. The van der Waals surface area contributed by atoms with Crippen LogP contribution in [0, 0.1) is 11.8 Å². The molecule has 1 nitrogen and oxygen atoms in total. The van der Waals surface area contributed by atoms with Gasteiger partial charge in [-0.15, -0.1) is 13.2 Å². The van der Waals surface area contributed by atoms with Crippen LogP contribution < -0.4 is 4.74 Å². The number of benzene rings is 2. The highest BCUT2D eigenvalue weighted by molar-refractivity contribution is 5.62. The minimum Gasteiger partial charge on any atom is -0.406 e. The van der Waals surface area contributed by atoms with E-state index in [1.54, 1.807) is 12.1 Å². The molecular weight excluding hydrogens is 375 g/mol. The molecule has 6 heteroatoms. The van der Waals surface area contributed by atoms with Gasteiger partial charge in [0.05, 0.1) is 0 Å². The third-order valence-electron chi connectivity index (χ3n) is 3.82. The van der Waals surface area contributed by atoms with Crippen LogP contribution in [0.1, 0.15) is 49.3 Å². The molecule has 2 rings (SSSR count). The molecule has 148 valence electrons. The Morgan fingerprint density at radius 1 is 0.857 bits per heavy atom. The summed E-state index contributed by atoms with van der Waals surface area (Å²) in [5, 5.41) is 0. The molecule has 2 aromatic rings. The summed E-state index contributed by atoms with van der Waals surface area (Å²) >= 11 is 0. The smallest absolute Gasteiger partial charge is 0.406 e. The molecule has 0 spiro atoms. The van der Waals surface area contributed by atoms with Crippen molar-refractivity contribution in [3.63, 3.8) is 0 Å². The summed E-state index contributed by atoms with van der Waals surface area (Å²) in [6.07, 6.45) is -2.28. The van der Waals surface area contributed by atoms with E-state index in [0.717, 1.165) is 12.8 Å². The fraction of sp³-hybridized carbons (Fsp3) is 0.273. The molecule has 0 aliphatic heterocycles. The molecule has 0 saturated carbocycles. The number of ether oxygens (including phenoxy) is 1. The molecule has 2 aromatic carbocycles. The molecule has 0 atom stereocenters. The minimum absolute atomic E-state index is 0.0786. The summed E-state index contributed by atoms with van der Waals surface area (Å²) in [6, 6.07) is 11.1. The molecule has 0 aliphatic carbocycles. The van der Waals surface area contributed by atoms with Gasteiger partial charge in [0.25, 0.3) is 0 Å². The summed E-state index contributed by atoms with van der Waals surface area (Å²) in [6.45, 7) is 1.99. The van der Waals surface area contributed by atoms with Crippen LogP contribution in [-0.2, 0) is 0 Å². The lowest BCUT2D eigenvalue weighted by atomic mass is 10.1. The summed E-state index contributed by atoms with van der Waals surface area (Å²) in [5.74, 6) is 3.66. The molecule has 0 bridgehead atoms. The second-order valence-corrected chi connectivity index (χ2v) is 6.08. The van der Waals surface area contributed by atoms with Crippen molar-refractivity contribution < 1.29 is 26.7 Å². The van der Waals surface area contributed by atoms with Gasteiger partial charge in [-0.3, -0.25) is 0 Å². The van der Waals surface area contributed by atoms with Crippen LogP contribution >= 0.6 is 0 Å². The van der Waals surface area contributed by atoms with Gasteiger partial charge in [0, 0.05) is 23.1 Å². The van der Waals surface area contributed by atoms with Crippen molar-refractivity contribution in [3.8, 4) is 17.6 Å². The summed E-state index contributed by atoms with van der Waals surface area (Å²) in [4.78, 5) is 0. The van der Waals surface area contributed by atoms with Crippen molar-refractivity contribution in [2.75, 3.05) is 0 Å². The van der Waals surface area contributed by atoms with Crippen molar-refractivity contribution in [2.45, 2.75) is 39.0 Å². The normalized spacial score (nSPS) is 12.1. The highest BCUT2D eigenvalue weighted by Gasteiger charge is 2.30. The molecule has 0 radical (unpaired) electrons. The number of hydrogen-bond donors (Lipinski definition) is 0. The predicted molar refractivity (Wildman–Crippen MR) is 98.8 cm³/mol. The zero-order valence-electron chi connectivity index (χ0n) is 15.2. The maximum Gasteiger partial charge on any atom is 0.573 e. The molecule has 28 heavy (non-hydrogen) atoms. The van der Waals surface area contributed by atoms with Crippen LogP contribution in [-0.4, -0.2) is 6.36 Å². The molecular formula is C22H19F5O. The molecule has 0 aliphatic rings. The van der Waals surface area contributed by atoms with Gasteiger partial charge in [0.2, 0.25) is 0 Å². The van der Waals surface area contributed by atoms with Crippen LogP contribution in [0.3, 0.4) is 0 Å². The predicted octanol–water partition coefficient (Wildman–Crippen LogP) is 7.17. The van der Waals surface area contributed by atoms with Crippen LogP contribution in [0.4, 0.5) is 22.0 Å². The number of unbranched alkanes of at least 4 members (excludes halogenated alkanes) is 2. The average Bonchev–Trinajstić information content (AvgIpc) is 2.66. The lowest BCUT2D eigenvalue weighted by Crippen LogP contribution is -2.16. The van der Waals surface area contributed by atoms with Gasteiger partial charge in [0.15, 0.2) is 5.83 Å². The Balaban J connectivity index is 2.04. The third kappa shape index (κ3) is 7.07. The number of rotatable bonds is 6. The van der Waals surface area contributed by atoms with Gasteiger partial charge in [-0.05, 0) is 42.8 Å². The Kier molecular flexibility index (Phi) is 7.62. The van der Waals surface area contributed by atoms with Crippen LogP contribution in [0.2, 0.25) is 0 Å². The number of alkyl halides is 3. The molecule has 0 saturated heterocycles. The first-order valence-corrected chi connectivity index (χ1v) is 8.81. The fourth-order valence-electron chi connectivity index (χ4n) is 2.38. The van der Waals surface area contributed by atoms with Crippen molar-refractivity contribution >= 4 is 5.83 Å². The second-order valence-electron chi connectivity index (χ2n) is 6.08. The van der Waals surface area contributed by atoms with E-state index in [9.17, 15) is 22.0 Å². The van der Waals surface area contributed by atoms with Gasteiger partial charge in [-0.25, -0.2) is 8.78 Å². The molecule has 0 amide bonds. The van der Waals surface area contributed by atoms with Crippen LogP contribution in [0.15, 0.2) is 54.4 Å². The fourth-order valence-corrected chi connectivity index (χ4v) is 2.38. The van der Waals surface area contributed by atoms with E-state index in [-0.39, 0.29) is 17.7 Å². The Morgan fingerprint density at radius 3 is 1.89 bits per heavy atom. The Morgan fingerprint density at radius 2 is 1.39 bits per heavy atom. The summed E-state index contributed by atoms with van der Waals surface area (Å²) in [5.41, 5.74) is 1.21. The monoisotopic (exact) mass is 394 g/mol. The van der Waals surface area contributed by atoms with Gasteiger partial charge in [0.1, 0.15) is 11.6 Å². The molecule has 0 heterocycles. The maximum absolute atomic E-state index is 14.1. The number of halogens is 5. The highest BCUT2D eigenvalue weighted by Crippen LogP contribution is 2.25. The summed E-state index contributed by atoms with van der Waals surface area (Å²) < 4.78 is 68.0. The maximum atomic E-state index is 14.1. The van der Waals surface area contributed by atoms with E-state index in [1.807, 2.05) is 6.92 Å². The van der Waals surface area contributed by atoms with E-state index in [2.05, 4.69) is 16.6 Å². The lowest BCUT2D eigenvalue weighted by Gasteiger charge is -2.07. The minimum atomic E-state index is -4.74. The van der Waals surface area contributed by atoms with Gasteiger partial charge in [-0.2, -0.15) is 0 Å². The largest absolute Gasteiger partial charge is 0.573 e. The lowest BCUT2D eigenvalue weighted by molar-refractivity contribution is -0.274. The number of allylic oxidation sites excluding steroid dienone is 1. The first kappa shape index (κ1) is 21.5. The van der Waals surface area contributed by atoms with Crippen molar-refractivity contribution in [2.24, 2.45) is 0 Å². The second kappa shape index (κ2) is 9.93. The van der Waals surface area contributed by atoms with E-state index < -0.39 is 18.0 Å². The quantitative estimate of drug-likeness (QED) is 0.287. The molecule has 0 unspecified atom stereocenters. The van der Waals surface area contributed by atoms with Crippen LogP contribution in [0.25, 0.3) is 5.83 Å². The van der Waals surface area contributed by atoms with Crippen molar-refractivity contribution in [1.29, 1.82) is 0 Å². The molecule has 0 fully saturated rings. The van der Waals surface area contributed by atoms with Gasteiger partial charge in [-0.1, -0.05) is 43.7 Å². The van der Waals surface area contributed by atoms with E-state index in [1.165, 1.54) is 36.4 Å². The zero-order valence-corrected chi connectivity index (χ0v) is 15.2. The number of hydrogen-bond acceptors (Lipinski definition) is 1. The average molecular weight is 394 g/mol. The molecule has 0 N–H and O–H groups in total. The first-order chi connectivity index (χ1) is 13.3. The summed E-state index contributed by atoms with van der Waals surface area (Å²) in [7, 11) is 0. The first-order valence-electron chi connectivity index (χ1n) is 8.81.